The summed E-state index contributed by atoms with van der Waals surface area (Å²) in [5.41, 5.74) is 7.17. The number of nitrogens with zero attached hydrogens (tertiary/aromatic N) is 1. The van der Waals surface area contributed by atoms with Crippen molar-refractivity contribution in [2.75, 3.05) is 34.5 Å². The van der Waals surface area contributed by atoms with Gasteiger partial charge in [-0.1, -0.05) is 63.4 Å². The van der Waals surface area contributed by atoms with E-state index in [2.05, 4.69) is 26.8 Å². The number of hydrogen-bond acceptors (Lipinski definition) is 9. The van der Waals surface area contributed by atoms with Crippen molar-refractivity contribution in [2.24, 2.45) is 4.99 Å². The van der Waals surface area contributed by atoms with E-state index in [0.29, 0.717) is 57.2 Å². The normalized spacial score (nSPS) is 16.8. The van der Waals surface area contributed by atoms with Crippen LogP contribution in [0.2, 0.25) is 10.0 Å². The number of hydrogen-bond donors (Lipinski definition) is 3. The molecule has 1 heterocycles. The maximum Gasteiger partial charge on any atom is 0.266 e. The Bertz CT molecular complexity index is 1780. The standard InChI is InChI=1S/C36H36BrCl2N3O7/c1-45-30-17-22(18-31(46-2)32(30)47-3)21-40-42-35(44)36(20-24-7-4-5-8-28(24)37)33(27-14-11-25(38)19-29(27)39)49-34(41-36)23-9-12-26(13-10-23)48-16-6-15-43/h4-5,7-14,17-19,33,40,43H,6,15-16,20-21H2,1-3H3,(H,42,44)/t33-,36-/m0/s1. The van der Waals surface area contributed by atoms with Gasteiger partial charge in [-0.2, -0.15) is 0 Å². The van der Waals surface area contributed by atoms with Crippen LogP contribution in [0.1, 0.15) is 34.8 Å². The van der Waals surface area contributed by atoms with E-state index in [1.165, 1.54) is 21.3 Å². The summed E-state index contributed by atoms with van der Waals surface area (Å²) in [5.74, 6) is 1.85. The number of rotatable bonds is 15. The molecule has 4 aromatic rings. The maximum atomic E-state index is 14.6. The molecule has 1 amide bonds. The number of ether oxygens (including phenoxy) is 5. The second-order valence-electron chi connectivity index (χ2n) is 11.1. The Morgan fingerprint density at radius 2 is 1.69 bits per heavy atom. The van der Waals surface area contributed by atoms with Crippen LogP contribution in [-0.2, 0) is 22.5 Å². The quantitative estimate of drug-likeness (QED) is 0.0886. The molecule has 13 heteroatoms. The molecule has 0 fully saturated rings. The number of aliphatic imine (C=N–C) groups is 1. The van der Waals surface area contributed by atoms with Crippen molar-refractivity contribution in [3.63, 3.8) is 0 Å². The molecule has 1 aliphatic heterocycles. The number of carbonyl (C=O) groups is 1. The van der Waals surface area contributed by atoms with Crippen LogP contribution in [0.25, 0.3) is 0 Å². The average molecular weight is 774 g/mol. The van der Waals surface area contributed by atoms with Gasteiger partial charge in [0.1, 0.15) is 5.75 Å². The fourth-order valence-electron chi connectivity index (χ4n) is 5.48. The second-order valence-corrected chi connectivity index (χ2v) is 12.8. The first kappa shape index (κ1) is 36.3. The molecule has 0 radical (unpaired) electrons. The highest BCUT2D eigenvalue weighted by Crippen LogP contribution is 2.46. The van der Waals surface area contributed by atoms with Crippen LogP contribution in [0.3, 0.4) is 0 Å². The van der Waals surface area contributed by atoms with Gasteiger partial charge in [-0.3, -0.25) is 10.2 Å². The van der Waals surface area contributed by atoms with Crippen molar-refractivity contribution < 1.29 is 33.6 Å². The molecule has 0 aliphatic carbocycles. The highest BCUT2D eigenvalue weighted by atomic mass is 79.9. The Kier molecular flexibility index (Phi) is 12.3. The summed E-state index contributed by atoms with van der Waals surface area (Å²) in [4.78, 5) is 19.7. The number of benzene rings is 4. The van der Waals surface area contributed by atoms with Crippen molar-refractivity contribution in [3.8, 4) is 23.0 Å². The largest absolute Gasteiger partial charge is 0.494 e. The van der Waals surface area contributed by atoms with E-state index in [1.807, 2.05) is 36.4 Å². The van der Waals surface area contributed by atoms with Gasteiger partial charge < -0.3 is 28.8 Å². The second kappa shape index (κ2) is 16.6. The van der Waals surface area contributed by atoms with Gasteiger partial charge >= 0.3 is 0 Å². The minimum atomic E-state index is -1.53. The van der Waals surface area contributed by atoms with Gasteiger partial charge in [0.05, 0.1) is 27.9 Å². The van der Waals surface area contributed by atoms with Gasteiger partial charge in [0.2, 0.25) is 11.6 Å². The van der Waals surface area contributed by atoms with Crippen LogP contribution in [0.4, 0.5) is 0 Å². The smallest absolute Gasteiger partial charge is 0.266 e. The number of carbonyl (C=O) groups excluding carboxylic acids is 1. The zero-order chi connectivity index (χ0) is 35.0. The van der Waals surface area contributed by atoms with Crippen LogP contribution in [-0.4, -0.2) is 57.0 Å². The Labute approximate surface area is 303 Å². The fraction of sp³-hybridized carbons (Fsp3) is 0.278. The predicted octanol–water partition coefficient (Wildman–Crippen LogP) is 6.86. The lowest BCUT2D eigenvalue weighted by Gasteiger charge is -2.31. The number of hydrazine groups is 1. The summed E-state index contributed by atoms with van der Waals surface area (Å²) < 4.78 is 29.5. The van der Waals surface area contributed by atoms with E-state index in [1.54, 1.807) is 42.5 Å². The highest BCUT2D eigenvalue weighted by Gasteiger charge is 2.54. The molecule has 1 aliphatic rings. The Morgan fingerprint density at radius 1 is 0.980 bits per heavy atom. The van der Waals surface area contributed by atoms with E-state index in [0.717, 1.165) is 15.6 Å². The molecule has 5 rings (SSSR count). The van der Waals surface area contributed by atoms with Crippen molar-refractivity contribution in [1.82, 2.24) is 10.9 Å². The molecule has 0 spiro atoms. The molecule has 0 unspecified atom stereocenters. The maximum absolute atomic E-state index is 14.6. The van der Waals surface area contributed by atoms with Crippen LogP contribution in [0, 0.1) is 0 Å². The lowest BCUT2D eigenvalue weighted by Crippen LogP contribution is -2.53. The minimum Gasteiger partial charge on any atom is -0.494 e. The summed E-state index contributed by atoms with van der Waals surface area (Å²) in [6, 6.07) is 23.5. The van der Waals surface area contributed by atoms with E-state index >= 15 is 0 Å². The number of aliphatic hydroxyl groups excluding tert-OH is 1. The topological polar surface area (TPSA) is 120 Å². The predicted molar refractivity (Wildman–Crippen MR) is 192 cm³/mol. The van der Waals surface area contributed by atoms with Gasteiger partial charge in [-0.05, 0) is 65.7 Å². The van der Waals surface area contributed by atoms with Crippen molar-refractivity contribution in [3.05, 3.63) is 116 Å². The highest BCUT2D eigenvalue weighted by molar-refractivity contribution is 9.10. The molecule has 4 aromatic carbocycles. The molecule has 0 saturated heterocycles. The molecule has 0 aromatic heterocycles. The first-order valence-electron chi connectivity index (χ1n) is 15.3. The van der Waals surface area contributed by atoms with Gasteiger partial charge in [0.25, 0.3) is 5.91 Å². The van der Waals surface area contributed by atoms with Crippen LogP contribution in [0.15, 0.2) is 88.3 Å². The molecule has 2 atom stereocenters. The summed E-state index contributed by atoms with van der Waals surface area (Å²) in [7, 11) is 4.61. The van der Waals surface area contributed by atoms with Crippen molar-refractivity contribution in [2.45, 2.75) is 31.0 Å². The van der Waals surface area contributed by atoms with Gasteiger partial charge in [0.15, 0.2) is 23.1 Å². The third-order valence-corrected chi connectivity index (χ3v) is 9.25. The SMILES string of the molecule is COc1cc(CNNC(=O)[C@@]2(Cc3ccccc3Br)N=C(c3ccc(OCCCO)cc3)O[C@H]2c2ccc(Cl)cc2Cl)cc(OC)c1OC. The van der Waals surface area contributed by atoms with Crippen LogP contribution < -0.4 is 29.8 Å². The average Bonchev–Trinajstić information content (AvgIpc) is 3.49. The number of amides is 1. The molecule has 49 heavy (non-hydrogen) atoms. The monoisotopic (exact) mass is 771 g/mol. The molecule has 0 bridgehead atoms. The van der Waals surface area contributed by atoms with E-state index in [4.69, 9.17) is 57.0 Å². The molecule has 258 valence electrons. The number of nitrogens with one attached hydrogen (secondary N) is 2. The summed E-state index contributed by atoms with van der Waals surface area (Å²) >= 11 is 16.7. The summed E-state index contributed by atoms with van der Waals surface area (Å²) in [6.45, 7) is 0.633. The Balaban J connectivity index is 1.53. The van der Waals surface area contributed by atoms with E-state index in [9.17, 15) is 4.79 Å². The van der Waals surface area contributed by atoms with Gasteiger partial charge in [-0.25, -0.2) is 10.4 Å². The van der Waals surface area contributed by atoms with Gasteiger partial charge in [-0.15, -0.1) is 0 Å². The summed E-state index contributed by atoms with van der Waals surface area (Å²) in [6.07, 6.45) is -0.272. The molecular weight excluding hydrogens is 737 g/mol. The fourth-order valence-corrected chi connectivity index (χ4v) is 6.41. The molecule has 10 nitrogen and oxygen atoms in total. The Hall–Kier alpha value is -4.00. The van der Waals surface area contributed by atoms with Crippen LogP contribution in [0.5, 0.6) is 23.0 Å². The molecule has 3 N–H and O–H groups in total. The van der Waals surface area contributed by atoms with Crippen molar-refractivity contribution in [1.29, 1.82) is 0 Å². The summed E-state index contributed by atoms with van der Waals surface area (Å²) in [5, 5.41) is 9.86. The Morgan fingerprint density at radius 3 is 2.33 bits per heavy atom. The lowest BCUT2D eigenvalue weighted by molar-refractivity contribution is -0.130. The molecule has 0 saturated carbocycles. The first-order valence-corrected chi connectivity index (χ1v) is 16.9. The zero-order valence-corrected chi connectivity index (χ0v) is 30.2. The zero-order valence-electron chi connectivity index (χ0n) is 27.1. The van der Waals surface area contributed by atoms with Gasteiger partial charge in [0, 0.05) is 51.6 Å². The third kappa shape index (κ3) is 8.25. The number of aliphatic hydroxyl groups is 1. The number of methoxy groups -OCH3 is 3. The van der Waals surface area contributed by atoms with Crippen LogP contribution >= 0.6 is 39.1 Å². The lowest BCUT2D eigenvalue weighted by atomic mass is 9.82. The number of halogens is 3. The minimum absolute atomic E-state index is 0.0381. The van der Waals surface area contributed by atoms with E-state index < -0.39 is 17.6 Å². The first-order chi connectivity index (χ1) is 23.7. The van der Waals surface area contributed by atoms with Crippen molar-refractivity contribution >= 4 is 50.9 Å². The van der Waals surface area contributed by atoms with E-state index in [-0.39, 0.29) is 25.5 Å². The molecular formula is C36H36BrCl2N3O7. The third-order valence-electron chi connectivity index (χ3n) is 7.91.